The smallest absolute Gasteiger partial charge is 0.0281 e. The van der Waals surface area contributed by atoms with Crippen LogP contribution in [-0.4, -0.2) is 86.7 Å². The van der Waals surface area contributed by atoms with E-state index in [2.05, 4.69) is 48.0 Å². The third-order valence-corrected chi connectivity index (χ3v) is 5.04. The predicted molar refractivity (Wildman–Crippen MR) is 86.2 cm³/mol. The largest absolute Gasteiger partial charge is 0.314 e. The number of rotatable bonds is 5. The first kappa shape index (κ1) is 16.2. The lowest BCUT2D eigenvalue weighted by molar-refractivity contribution is 0.0621. The summed E-state index contributed by atoms with van der Waals surface area (Å²) in [5, 5.41) is 3.45. The maximum atomic E-state index is 3.45. The minimum absolute atomic E-state index is 0.294. The van der Waals surface area contributed by atoms with Crippen LogP contribution in [0.15, 0.2) is 0 Å². The lowest BCUT2D eigenvalue weighted by Crippen LogP contribution is -2.57. The first-order valence-electron chi connectivity index (χ1n) is 8.30. The van der Waals surface area contributed by atoms with Gasteiger partial charge in [-0.15, -0.1) is 0 Å². The van der Waals surface area contributed by atoms with Crippen LogP contribution in [0.5, 0.6) is 0 Å². The van der Waals surface area contributed by atoms with Gasteiger partial charge in [0.1, 0.15) is 0 Å². The first-order valence-corrected chi connectivity index (χ1v) is 8.30. The molecule has 0 aliphatic carbocycles. The number of hydrogen-bond acceptors (Lipinski definition) is 4. The van der Waals surface area contributed by atoms with Gasteiger partial charge in [0.05, 0.1) is 0 Å². The normalized spacial score (nSPS) is 24.4. The van der Waals surface area contributed by atoms with Crippen LogP contribution in [0.2, 0.25) is 0 Å². The second-order valence-corrected chi connectivity index (χ2v) is 7.49. The molecule has 0 amide bonds. The summed E-state index contributed by atoms with van der Waals surface area (Å²) in [7, 11) is 4.55. The Kier molecular flexibility index (Phi) is 5.84. The molecule has 0 atom stereocenters. The molecule has 0 aromatic carbocycles. The Morgan fingerprint density at radius 2 is 1.70 bits per heavy atom. The number of hydrogen-bond donors (Lipinski definition) is 1. The van der Waals surface area contributed by atoms with Crippen molar-refractivity contribution >= 4 is 0 Å². The molecule has 0 aromatic rings. The molecule has 118 valence electrons. The van der Waals surface area contributed by atoms with Crippen molar-refractivity contribution in [1.82, 2.24) is 20.0 Å². The van der Waals surface area contributed by atoms with E-state index in [0.29, 0.717) is 5.54 Å². The summed E-state index contributed by atoms with van der Waals surface area (Å²) in [6.07, 6.45) is 2.74. The van der Waals surface area contributed by atoms with Gasteiger partial charge in [0.2, 0.25) is 0 Å². The molecule has 2 aliphatic heterocycles. The standard InChI is InChI=1S/C16H34N4/c1-16(2,20-11-7-17-8-12-20)14-19(4)13-15-5-9-18(3)10-6-15/h15,17H,5-14H2,1-4H3. The van der Waals surface area contributed by atoms with E-state index in [1.807, 2.05) is 0 Å². The second-order valence-electron chi connectivity index (χ2n) is 7.49. The summed E-state index contributed by atoms with van der Waals surface area (Å²) in [5.41, 5.74) is 0.294. The molecular weight excluding hydrogens is 248 g/mol. The molecule has 0 bridgehead atoms. The second kappa shape index (κ2) is 7.21. The van der Waals surface area contributed by atoms with Crippen molar-refractivity contribution in [3.05, 3.63) is 0 Å². The molecule has 1 N–H and O–H groups in total. The number of piperazine rings is 1. The molecule has 2 fully saturated rings. The molecule has 0 unspecified atom stereocenters. The summed E-state index contributed by atoms with van der Waals surface area (Å²) < 4.78 is 0. The Hall–Kier alpha value is -0.160. The van der Waals surface area contributed by atoms with Crippen molar-refractivity contribution in [3.63, 3.8) is 0 Å². The summed E-state index contributed by atoms with van der Waals surface area (Å²) >= 11 is 0. The molecular formula is C16H34N4. The summed E-state index contributed by atoms with van der Waals surface area (Å²) in [6, 6.07) is 0. The molecule has 2 heterocycles. The van der Waals surface area contributed by atoms with Crippen LogP contribution in [0.25, 0.3) is 0 Å². The zero-order valence-electron chi connectivity index (χ0n) is 14.0. The molecule has 4 heteroatoms. The van der Waals surface area contributed by atoms with Gasteiger partial charge in [-0.05, 0) is 59.8 Å². The van der Waals surface area contributed by atoms with Gasteiger partial charge >= 0.3 is 0 Å². The third kappa shape index (κ3) is 4.69. The molecule has 20 heavy (non-hydrogen) atoms. The van der Waals surface area contributed by atoms with Gasteiger partial charge in [0.25, 0.3) is 0 Å². The highest BCUT2D eigenvalue weighted by Gasteiger charge is 2.29. The van der Waals surface area contributed by atoms with E-state index in [4.69, 9.17) is 0 Å². The van der Waals surface area contributed by atoms with E-state index in [0.717, 1.165) is 19.0 Å². The van der Waals surface area contributed by atoms with Gasteiger partial charge in [-0.2, -0.15) is 0 Å². The van der Waals surface area contributed by atoms with Crippen LogP contribution in [0, 0.1) is 5.92 Å². The van der Waals surface area contributed by atoms with E-state index in [9.17, 15) is 0 Å². The van der Waals surface area contributed by atoms with Crippen molar-refractivity contribution in [2.24, 2.45) is 5.92 Å². The highest BCUT2D eigenvalue weighted by molar-refractivity contribution is 4.87. The van der Waals surface area contributed by atoms with Crippen LogP contribution in [0.4, 0.5) is 0 Å². The number of piperidine rings is 1. The molecule has 0 radical (unpaired) electrons. The Morgan fingerprint density at radius 1 is 1.10 bits per heavy atom. The fourth-order valence-corrected chi connectivity index (χ4v) is 3.78. The van der Waals surface area contributed by atoms with Gasteiger partial charge in [-0.1, -0.05) is 0 Å². The quantitative estimate of drug-likeness (QED) is 0.810. The van der Waals surface area contributed by atoms with Gasteiger partial charge in [-0.3, -0.25) is 4.90 Å². The van der Waals surface area contributed by atoms with Crippen molar-refractivity contribution in [1.29, 1.82) is 0 Å². The number of nitrogens with one attached hydrogen (secondary N) is 1. The molecule has 0 spiro atoms. The maximum absolute atomic E-state index is 3.45. The molecule has 2 saturated heterocycles. The Balaban J connectivity index is 1.76. The molecule has 2 rings (SSSR count). The Bertz CT molecular complexity index is 278. The van der Waals surface area contributed by atoms with E-state index >= 15 is 0 Å². The summed E-state index contributed by atoms with van der Waals surface area (Å²) in [5.74, 6) is 0.898. The van der Waals surface area contributed by atoms with Crippen molar-refractivity contribution in [2.45, 2.75) is 32.2 Å². The topological polar surface area (TPSA) is 21.8 Å². The van der Waals surface area contributed by atoms with Crippen molar-refractivity contribution in [2.75, 3.05) is 66.5 Å². The monoisotopic (exact) mass is 282 g/mol. The van der Waals surface area contributed by atoms with E-state index in [1.54, 1.807) is 0 Å². The van der Waals surface area contributed by atoms with Gasteiger partial charge in [-0.25, -0.2) is 0 Å². The lowest BCUT2D eigenvalue weighted by Gasteiger charge is -2.44. The average Bonchev–Trinajstić information content (AvgIpc) is 2.42. The predicted octanol–water partition coefficient (Wildman–Crippen LogP) is 0.944. The van der Waals surface area contributed by atoms with Gasteiger partial charge < -0.3 is 15.1 Å². The fraction of sp³-hybridized carbons (Fsp3) is 1.00. The van der Waals surface area contributed by atoms with Crippen molar-refractivity contribution < 1.29 is 0 Å². The van der Waals surface area contributed by atoms with Crippen LogP contribution in [0.3, 0.4) is 0 Å². The van der Waals surface area contributed by atoms with Gasteiger partial charge in [0.15, 0.2) is 0 Å². The van der Waals surface area contributed by atoms with E-state index in [-0.39, 0.29) is 0 Å². The van der Waals surface area contributed by atoms with Crippen LogP contribution < -0.4 is 5.32 Å². The fourth-order valence-electron chi connectivity index (χ4n) is 3.78. The van der Waals surface area contributed by atoms with E-state index < -0.39 is 0 Å². The van der Waals surface area contributed by atoms with Gasteiger partial charge in [0, 0.05) is 44.8 Å². The highest BCUT2D eigenvalue weighted by atomic mass is 15.3. The first-order chi connectivity index (χ1) is 9.47. The molecule has 0 aromatic heterocycles. The maximum Gasteiger partial charge on any atom is 0.0281 e. The van der Waals surface area contributed by atoms with Crippen LogP contribution >= 0.6 is 0 Å². The van der Waals surface area contributed by atoms with E-state index in [1.165, 1.54) is 52.1 Å². The summed E-state index contributed by atoms with van der Waals surface area (Å²) in [4.78, 5) is 7.67. The van der Waals surface area contributed by atoms with Crippen LogP contribution in [-0.2, 0) is 0 Å². The number of likely N-dealkylation sites (N-methyl/N-ethyl adjacent to an activating group) is 1. The summed E-state index contributed by atoms with van der Waals surface area (Å²) in [6.45, 7) is 14.5. The lowest BCUT2D eigenvalue weighted by atomic mass is 9.95. The number of nitrogens with zero attached hydrogens (tertiary/aromatic N) is 3. The SMILES string of the molecule is CN1CCC(CN(C)CC(C)(C)N2CCNCC2)CC1. The zero-order valence-corrected chi connectivity index (χ0v) is 14.0. The molecule has 2 aliphatic rings. The molecule has 4 nitrogen and oxygen atoms in total. The van der Waals surface area contributed by atoms with Crippen LogP contribution in [0.1, 0.15) is 26.7 Å². The number of likely N-dealkylation sites (tertiary alicyclic amines) is 1. The minimum atomic E-state index is 0.294. The molecule has 0 saturated carbocycles. The zero-order chi connectivity index (χ0) is 14.6. The van der Waals surface area contributed by atoms with Crippen molar-refractivity contribution in [3.8, 4) is 0 Å². The average molecular weight is 282 g/mol. The third-order valence-electron chi connectivity index (χ3n) is 5.04. The highest BCUT2D eigenvalue weighted by Crippen LogP contribution is 2.20. The Morgan fingerprint density at radius 3 is 2.30 bits per heavy atom. The Labute approximate surface area is 125 Å². The minimum Gasteiger partial charge on any atom is -0.314 e.